The quantitative estimate of drug-likeness (QED) is 0.664. The zero-order valence-electron chi connectivity index (χ0n) is 15.1. The molecule has 2 heterocycles. The molecule has 2 aromatic heterocycles. The van der Waals surface area contributed by atoms with Crippen LogP contribution >= 0.6 is 0 Å². The van der Waals surface area contributed by atoms with Crippen LogP contribution in [0.25, 0.3) is 11.5 Å². The number of nitrogens with one attached hydrogen (secondary N) is 1. The zero-order valence-corrected chi connectivity index (χ0v) is 15.1. The van der Waals surface area contributed by atoms with Gasteiger partial charge in [0.2, 0.25) is 5.91 Å². The minimum atomic E-state index is -0.529. The van der Waals surface area contributed by atoms with Gasteiger partial charge in [-0.15, -0.1) is 0 Å². The molecule has 0 bridgehead atoms. The third kappa shape index (κ3) is 4.26. The first-order valence-corrected chi connectivity index (χ1v) is 8.52. The van der Waals surface area contributed by atoms with E-state index < -0.39 is 17.3 Å². The highest BCUT2D eigenvalue weighted by Gasteiger charge is 2.18. The van der Waals surface area contributed by atoms with E-state index in [2.05, 4.69) is 20.3 Å². The molecule has 0 aliphatic heterocycles. The standard InChI is InChI=1S/C19H18FN5O3/c1-12-15(5-8-26)19(28)25(18(23-12)16-10-21-6-7-22-16)11-17(27)24-14-4-2-3-13(20)9-14/h2-4,6-7,9-10,26H,5,8,11H2,1H3,(H,24,27). The van der Waals surface area contributed by atoms with E-state index in [1.165, 1.54) is 47.4 Å². The Labute approximate surface area is 159 Å². The second-order valence-electron chi connectivity index (χ2n) is 6.01. The van der Waals surface area contributed by atoms with Crippen molar-refractivity contribution in [3.8, 4) is 11.5 Å². The van der Waals surface area contributed by atoms with Crippen LogP contribution in [0, 0.1) is 12.7 Å². The SMILES string of the molecule is Cc1nc(-c2cnccn2)n(CC(=O)Nc2cccc(F)c2)c(=O)c1CCO. The number of aryl methyl sites for hydroxylation is 1. The number of rotatable bonds is 6. The molecule has 2 N–H and O–H groups in total. The summed E-state index contributed by atoms with van der Waals surface area (Å²) in [6, 6.07) is 5.44. The summed E-state index contributed by atoms with van der Waals surface area (Å²) in [7, 11) is 0. The summed E-state index contributed by atoms with van der Waals surface area (Å²) >= 11 is 0. The Balaban J connectivity index is 2.01. The zero-order chi connectivity index (χ0) is 20.1. The monoisotopic (exact) mass is 383 g/mol. The maximum absolute atomic E-state index is 13.3. The molecule has 9 heteroatoms. The number of aromatic nitrogens is 4. The Hall–Kier alpha value is -3.46. The van der Waals surface area contributed by atoms with E-state index in [4.69, 9.17) is 0 Å². The van der Waals surface area contributed by atoms with E-state index >= 15 is 0 Å². The molecule has 0 aliphatic carbocycles. The molecular weight excluding hydrogens is 365 g/mol. The number of aliphatic hydroxyl groups excluding tert-OH is 1. The number of halogens is 1. The summed E-state index contributed by atoms with van der Waals surface area (Å²) in [6.07, 6.45) is 4.49. The van der Waals surface area contributed by atoms with E-state index in [-0.39, 0.29) is 31.1 Å². The molecule has 0 saturated carbocycles. The van der Waals surface area contributed by atoms with Gasteiger partial charge in [0.15, 0.2) is 5.82 Å². The Kier molecular flexibility index (Phi) is 5.85. The van der Waals surface area contributed by atoms with Crippen LogP contribution in [-0.2, 0) is 17.8 Å². The minimum Gasteiger partial charge on any atom is -0.396 e. The van der Waals surface area contributed by atoms with Gasteiger partial charge in [-0.3, -0.25) is 19.1 Å². The maximum Gasteiger partial charge on any atom is 0.257 e. The van der Waals surface area contributed by atoms with Crippen LogP contribution in [0.15, 0.2) is 47.7 Å². The van der Waals surface area contributed by atoms with Crippen LogP contribution in [0.2, 0.25) is 0 Å². The topological polar surface area (TPSA) is 110 Å². The predicted octanol–water partition coefficient (Wildman–Crippen LogP) is 1.32. The van der Waals surface area contributed by atoms with Gasteiger partial charge < -0.3 is 10.4 Å². The summed E-state index contributed by atoms with van der Waals surface area (Å²) in [5, 5.41) is 11.8. The third-order valence-electron chi connectivity index (χ3n) is 4.03. The molecule has 0 aliphatic rings. The molecule has 0 radical (unpaired) electrons. The summed E-state index contributed by atoms with van der Waals surface area (Å²) in [6.45, 7) is 1.08. The first-order valence-electron chi connectivity index (χ1n) is 8.52. The second kappa shape index (κ2) is 8.49. The molecule has 144 valence electrons. The van der Waals surface area contributed by atoms with E-state index in [1.54, 1.807) is 6.92 Å². The Bertz CT molecular complexity index is 1050. The molecule has 28 heavy (non-hydrogen) atoms. The number of nitrogens with zero attached hydrogens (tertiary/aromatic N) is 4. The van der Waals surface area contributed by atoms with E-state index in [0.717, 1.165) is 0 Å². The van der Waals surface area contributed by atoms with Crippen molar-refractivity contribution in [1.29, 1.82) is 0 Å². The molecule has 3 rings (SSSR count). The van der Waals surface area contributed by atoms with Crippen LogP contribution in [-0.4, -0.2) is 37.1 Å². The molecule has 0 atom stereocenters. The van der Waals surface area contributed by atoms with Crippen molar-refractivity contribution in [1.82, 2.24) is 19.5 Å². The van der Waals surface area contributed by atoms with Gasteiger partial charge in [0.25, 0.3) is 5.56 Å². The van der Waals surface area contributed by atoms with Crippen molar-refractivity contribution in [2.75, 3.05) is 11.9 Å². The molecule has 1 amide bonds. The van der Waals surface area contributed by atoms with Crippen LogP contribution in [0.5, 0.6) is 0 Å². The summed E-state index contributed by atoms with van der Waals surface area (Å²) < 4.78 is 14.5. The van der Waals surface area contributed by atoms with Gasteiger partial charge in [0.1, 0.15) is 18.1 Å². The first-order chi connectivity index (χ1) is 13.5. The number of amides is 1. The molecule has 0 spiro atoms. The molecule has 0 saturated heterocycles. The van der Waals surface area contributed by atoms with Crippen molar-refractivity contribution >= 4 is 11.6 Å². The van der Waals surface area contributed by atoms with Gasteiger partial charge in [-0.25, -0.2) is 14.4 Å². The van der Waals surface area contributed by atoms with Gasteiger partial charge in [-0.05, 0) is 25.1 Å². The van der Waals surface area contributed by atoms with E-state index in [9.17, 15) is 19.1 Å². The second-order valence-corrected chi connectivity index (χ2v) is 6.01. The van der Waals surface area contributed by atoms with Crippen LogP contribution < -0.4 is 10.9 Å². The lowest BCUT2D eigenvalue weighted by Crippen LogP contribution is -2.33. The number of carbonyl (C=O) groups excluding carboxylic acids is 1. The number of aliphatic hydroxyl groups is 1. The Morgan fingerprint density at radius 2 is 2.14 bits per heavy atom. The average Bonchev–Trinajstić information content (AvgIpc) is 2.68. The third-order valence-corrected chi connectivity index (χ3v) is 4.03. The Morgan fingerprint density at radius 1 is 1.32 bits per heavy atom. The van der Waals surface area contributed by atoms with Crippen LogP contribution in [0.4, 0.5) is 10.1 Å². The van der Waals surface area contributed by atoms with Gasteiger partial charge in [0, 0.05) is 42.4 Å². The normalized spacial score (nSPS) is 10.7. The van der Waals surface area contributed by atoms with Crippen molar-refractivity contribution in [2.45, 2.75) is 19.9 Å². The maximum atomic E-state index is 13.3. The van der Waals surface area contributed by atoms with Crippen molar-refractivity contribution in [3.05, 3.63) is 70.3 Å². The van der Waals surface area contributed by atoms with Crippen LogP contribution in [0.1, 0.15) is 11.3 Å². The highest BCUT2D eigenvalue weighted by molar-refractivity contribution is 5.90. The van der Waals surface area contributed by atoms with Crippen LogP contribution in [0.3, 0.4) is 0 Å². The number of benzene rings is 1. The number of anilines is 1. The fourth-order valence-electron chi connectivity index (χ4n) is 2.77. The molecule has 3 aromatic rings. The van der Waals surface area contributed by atoms with Gasteiger partial charge >= 0.3 is 0 Å². The highest BCUT2D eigenvalue weighted by Crippen LogP contribution is 2.15. The van der Waals surface area contributed by atoms with Crippen molar-refractivity contribution in [3.63, 3.8) is 0 Å². The minimum absolute atomic E-state index is 0.115. The lowest BCUT2D eigenvalue weighted by Gasteiger charge is -2.15. The first kappa shape index (κ1) is 19.3. The van der Waals surface area contributed by atoms with Crippen molar-refractivity contribution in [2.24, 2.45) is 0 Å². The van der Waals surface area contributed by atoms with Gasteiger partial charge in [-0.2, -0.15) is 0 Å². The average molecular weight is 383 g/mol. The summed E-state index contributed by atoms with van der Waals surface area (Å²) in [5.41, 5.74) is 0.915. The molecule has 8 nitrogen and oxygen atoms in total. The van der Waals surface area contributed by atoms with Gasteiger partial charge in [-0.1, -0.05) is 6.07 Å². The largest absolute Gasteiger partial charge is 0.396 e. The van der Waals surface area contributed by atoms with E-state index in [0.29, 0.717) is 17.0 Å². The molecule has 0 unspecified atom stereocenters. The molecule has 1 aromatic carbocycles. The molecular formula is C19H18FN5O3. The fraction of sp³-hybridized carbons (Fsp3) is 0.211. The number of hydrogen-bond acceptors (Lipinski definition) is 6. The molecule has 0 fully saturated rings. The smallest absolute Gasteiger partial charge is 0.257 e. The highest BCUT2D eigenvalue weighted by atomic mass is 19.1. The lowest BCUT2D eigenvalue weighted by atomic mass is 10.1. The number of hydrogen-bond donors (Lipinski definition) is 2. The summed E-state index contributed by atoms with van der Waals surface area (Å²) in [5.74, 6) is -0.831. The van der Waals surface area contributed by atoms with E-state index in [1.807, 2.05) is 0 Å². The summed E-state index contributed by atoms with van der Waals surface area (Å²) in [4.78, 5) is 38.0. The van der Waals surface area contributed by atoms with Crippen molar-refractivity contribution < 1.29 is 14.3 Å². The number of carbonyl (C=O) groups is 1. The van der Waals surface area contributed by atoms with Gasteiger partial charge in [0.05, 0.1) is 6.20 Å². The Morgan fingerprint density at radius 3 is 2.82 bits per heavy atom. The predicted molar refractivity (Wildman–Crippen MR) is 100 cm³/mol. The fourth-order valence-corrected chi connectivity index (χ4v) is 2.77. The lowest BCUT2D eigenvalue weighted by molar-refractivity contribution is -0.116.